The largest absolute Gasteiger partial charge is 0.350 e. The fourth-order valence-corrected chi connectivity index (χ4v) is 1.54. The second-order valence-corrected chi connectivity index (χ2v) is 4.10. The monoisotopic (exact) mass is 223 g/mol. The van der Waals surface area contributed by atoms with Gasteiger partial charge in [0.05, 0.1) is 11.8 Å². The number of amides is 1. The Kier molecular flexibility index (Phi) is 3.14. The Hall–Kier alpha value is -1.49. The van der Waals surface area contributed by atoms with Crippen molar-refractivity contribution in [2.24, 2.45) is 11.7 Å². The molecule has 0 spiro atoms. The lowest BCUT2D eigenvalue weighted by Gasteiger charge is -2.11. The maximum absolute atomic E-state index is 12.8. The molecule has 0 bridgehead atoms. The quantitative estimate of drug-likeness (QED) is 0.789. The molecule has 0 radical (unpaired) electrons. The van der Waals surface area contributed by atoms with Gasteiger partial charge in [-0.15, -0.1) is 0 Å². The van der Waals surface area contributed by atoms with Crippen LogP contribution in [0.2, 0.25) is 0 Å². The molecule has 1 aromatic heterocycles. The second kappa shape index (κ2) is 4.57. The van der Waals surface area contributed by atoms with Gasteiger partial charge in [-0.1, -0.05) is 0 Å². The predicted molar refractivity (Wildman–Crippen MR) is 57.2 cm³/mol. The summed E-state index contributed by atoms with van der Waals surface area (Å²) in [7, 11) is 0. The molecule has 2 rings (SSSR count). The van der Waals surface area contributed by atoms with Crippen LogP contribution < -0.4 is 11.1 Å². The molecule has 1 saturated carbocycles. The fourth-order valence-electron chi connectivity index (χ4n) is 1.54. The van der Waals surface area contributed by atoms with Gasteiger partial charge in [0.1, 0.15) is 5.82 Å². The molecule has 1 atom stereocenters. The van der Waals surface area contributed by atoms with Crippen molar-refractivity contribution in [1.29, 1.82) is 0 Å². The first-order valence-corrected chi connectivity index (χ1v) is 5.31. The minimum Gasteiger partial charge on any atom is -0.350 e. The van der Waals surface area contributed by atoms with E-state index in [-0.39, 0.29) is 17.5 Å². The molecule has 1 aliphatic carbocycles. The Morgan fingerprint density at radius 3 is 3.00 bits per heavy atom. The zero-order valence-electron chi connectivity index (χ0n) is 8.82. The van der Waals surface area contributed by atoms with Gasteiger partial charge in [-0.25, -0.2) is 4.39 Å². The molecule has 0 aliphatic heterocycles. The molecule has 1 fully saturated rings. The lowest BCUT2D eigenvalue weighted by atomic mass is 10.2. The van der Waals surface area contributed by atoms with Gasteiger partial charge < -0.3 is 11.1 Å². The summed E-state index contributed by atoms with van der Waals surface area (Å²) in [6.45, 7) is 0.431. The number of carbonyl (C=O) groups excluding carboxylic acids is 1. The van der Waals surface area contributed by atoms with Crippen molar-refractivity contribution >= 4 is 5.91 Å². The van der Waals surface area contributed by atoms with E-state index in [1.54, 1.807) is 0 Å². The van der Waals surface area contributed by atoms with Gasteiger partial charge in [0.2, 0.25) is 0 Å². The van der Waals surface area contributed by atoms with Crippen LogP contribution in [0.4, 0.5) is 4.39 Å². The van der Waals surface area contributed by atoms with E-state index in [0.29, 0.717) is 12.5 Å². The van der Waals surface area contributed by atoms with E-state index in [0.717, 1.165) is 25.1 Å². The Labute approximate surface area is 93.1 Å². The van der Waals surface area contributed by atoms with E-state index in [1.165, 1.54) is 6.20 Å². The normalized spacial score (nSPS) is 16.9. The smallest absolute Gasteiger partial charge is 0.253 e. The lowest BCUT2D eigenvalue weighted by Crippen LogP contribution is -2.38. The molecule has 1 aliphatic rings. The van der Waals surface area contributed by atoms with Crippen LogP contribution in [0.25, 0.3) is 0 Å². The predicted octanol–water partition coefficient (Wildman–Crippen LogP) is 0.688. The third-order valence-electron chi connectivity index (χ3n) is 2.69. The van der Waals surface area contributed by atoms with Gasteiger partial charge in [-0.05, 0) is 24.8 Å². The van der Waals surface area contributed by atoms with E-state index in [4.69, 9.17) is 5.73 Å². The van der Waals surface area contributed by atoms with E-state index in [1.807, 2.05) is 0 Å². The average Bonchev–Trinajstić information content (AvgIpc) is 3.09. The van der Waals surface area contributed by atoms with Crippen molar-refractivity contribution in [1.82, 2.24) is 10.3 Å². The number of nitrogens with zero attached hydrogens (tertiary/aromatic N) is 1. The Morgan fingerprint density at radius 1 is 1.62 bits per heavy atom. The van der Waals surface area contributed by atoms with Crippen molar-refractivity contribution < 1.29 is 9.18 Å². The molecule has 1 heterocycles. The molecule has 1 unspecified atom stereocenters. The number of rotatable bonds is 4. The summed E-state index contributed by atoms with van der Waals surface area (Å²) in [6, 6.07) is 1.16. The first-order valence-electron chi connectivity index (χ1n) is 5.31. The van der Waals surface area contributed by atoms with Crippen LogP contribution in [0.5, 0.6) is 0 Å². The van der Waals surface area contributed by atoms with E-state index in [9.17, 15) is 9.18 Å². The SMILES string of the molecule is NC(CNC(=O)c1cncc(F)c1)C1CC1. The zero-order valence-corrected chi connectivity index (χ0v) is 8.82. The Bertz CT molecular complexity index is 393. The maximum Gasteiger partial charge on any atom is 0.253 e. The average molecular weight is 223 g/mol. The summed E-state index contributed by atoms with van der Waals surface area (Å²) in [5.74, 6) is -0.312. The van der Waals surface area contributed by atoms with Crippen LogP contribution in [0.1, 0.15) is 23.2 Å². The summed E-state index contributed by atoms with van der Waals surface area (Å²) < 4.78 is 12.8. The number of pyridine rings is 1. The van der Waals surface area contributed by atoms with E-state index >= 15 is 0 Å². The van der Waals surface area contributed by atoms with E-state index < -0.39 is 5.82 Å². The van der Waals surface area contributed by atoms with Gasteiger partial charge in [-0.3, -0.25) is 9.78 Å². The van der Waals surface area contributed by atoms with Crippen LogP contribution in [0.3, 0.4) is 0 Å². The van der Waals surface area contributed by atoms with Crippen molar-refractivity contribution in [3.8, 4) is 0 Å². The zero-order chi connectivity index (χ0) is 11.5. The van der Waals surface area contributed by atoms with Crippen LogP contribution >= 0.6 is 0 Å². The molecule has 0 saturated heterocycles. The highest BCUT2D eigenvalue weighted by Gasteiger charge is 2.28. The molecule has 16 heavy (non-hydrogen) atoms. The highest BCUT2D eigenvalue weighted by molar-refractivity contribution is 5.93. The summed E-state index contributed by atoms with van der Waals surface area (Å²) in [5.41, 5.74) is 6.06. The number of nitrogens with two attached hydrogens (primary N) is 1. The summed E-state index contributed by atoms with van der Waals surface area (Å²) >= 11 is 0. The van der Waals surface area contributed by atoms with Crippen molar-refractivity contribution in [2.45, 2.75) is 18.9 Å². The van der Waals surface area contributed by atoms with Crippen LogP contribution in [0, 0.1) is 11.7 Å². The minimum absolute atomic E-state index is 0.00506. The van der Waals surface area contributed by atoms with Crippen molar-refractivity contribution in [3.05, 3.63) is 29.8 Å². The van der Waals surface area contributed by atoms with Gasteiger partial charge in [0.25, 0.3) is 5.91 Å². The van der Waals surface area contributed by atoms with Gasteiger partial charge >= 0.3 is 0 Å². The number of hydrogen-bond donors (Lipinski definition) is 2. The van der Waals surface area contributed by atoms with Crippen LogP contribution in [-0.4, -0.2) is 23.5 Å². The van der Waals surface area contributed by atoms with Crippen LogP contribution in [-0.2, 0) is 0 Å². The number of aromatic nitrogens is 1. The highest BCUT2D eigenvalue weighted by atomic mass is 19.1. The first kappa shape index (κ1) is 11.0. The minimum atomic E-state index is -0.515. The topological polar surface area (TPSA) is 68.0 Å². The fraction of sp³-hybridized carbons (Fsp3) is 0.455. The van der Waals surface area contributed by atoms with Gasteiger partial charge in [0, 0.05) is 18.8 Å². The molecule has 5 heteroatoms. The van der Waals surface area contributed by atoms with Crippen LogP contribution in [0.15, 0.2) is 18.5 Å². The lowest BCUT2D eigenvalue weighted by molar-refractivity contribution is 0.0949. The summed E-state index contributed by atoms with van der Waals surface area (Å²) in [5, 5.41) is 2.68. The molecule has 0 aromatic carbocycles. The molecule has 86 valence electrons. The standard InChI is InChI=1S/C11H14FN3O/c12-9-3-8(4-14-5-9)11(16)15-6-10(13)7-1-2-7/h3-5,7,10H,1-2,6,13H2,(H,15,16). The molecular formula is C11H14FN3O. The number of halogens is 1. The highest BCUT2D eigenvalue weighted by Crippen LogP contribution is 2.31. The Balaban J connectivity index is 1.87. The maximum atomic E-state index is 12.8. The second-order valence-electron chi connectivity index (χ2n) is 4.10. The Morgan fingerprint density at radius 2 is 2.38 bits per heavy atom. The van der Waals surface area contributed by atoms with Gasteiger partial charge in [-0.2, -0.15) is 0 Å². The molecule has 4 nitrogen and oxygen atoms in total. The van der Waals surface area contributed by atoms with Gasteiger partial charge in [0.15, 0.2) is 0 Å². The summed E-state index contributed by atoms with van der Waals surface area (Å²) in [6.07, 6.45) is 4.67. The summed E-state index contributed by atoms with van der Waals surface area (Å²) in [4.78, 5) is 15.2. The molecule has 1 amide bonds. The molecule has 1 aromatic rings. The third-order valence-corrected chi connectivity index (χ3v) is 2.69. The van der Waals surface area contributed by atoms with Crippen molar-refractivity contribution in [2.75, 3.05) is 6.54 Å². The number of carbonyl (C=O) groups is 1. The number of nitrogens with one attached hydrogen (secondary N) is 1. The van der Waals surface area contributed by atoms with E-state index in [2.05, 4.69) is 10.3 Å². The molecular weight excluding hydrogens is 209 g/mol. The number of hydrogen-bond acceptors (Lipinski definition) is 3. The first-order chi connectivity index (χ1) is 7.66. The van der Waals surface area contributed by atoms with Crippen molar-refractivity contribution in [3.63, 3.8) is 0 Å². The third kappa shape index (κ3) is 2.76. The molecule has 3 N–H and O–H groups in total.